The summed E-state index contributed by atoms with van der Waals surface area (Å²) < 4.78 is 10.7. The van der Waals surface area contributed by atoms with Gasteiger partial charge in [0.1, 0.15) is 13.2 Å². The average molecular weight is 354 g/mol. The summed E-state index contributed by atoms with van der Waals surface area (Å²) in [7, 11) is 0. The van der Waals surface area contributed by atoms with E-state index in [9.17, 15) is 9.59 Å². The van der Waals surface area contributed by atoms with Gasteiger partial charge in [-0.2, -0.15) is 0 Å². The molecule has 1 atom stereocenters. The molecule has 0 aliphatic carbocycles. The van der Waals surface area contributed by atoms with Gasteiger partial charge in [-0.15, -0.1) is 0 Å². The number of hydrogen-bond donors (Lipinski definition) is 2. The average Bonchev–Trinajstić information content (AvgIpc) is 3.16. The molecule has 6 nitrogen and oxygen atoms in total. The summed E-state index contributed by atoms with van der Waals surface area (Å²) in [6, 6.07) is 18.8. The highest BCUT2D eigenvalue weighted by Gasteiger charge is 2.44. The Morgan fingerprint density at radius 2 is 1.50 bits per heavy atom. The van der Waals surface area contributed by atoms with Crippen LogP contribution in [-0.2, 0) is 27.5 Å². The molecular weight excluding hydrogens is 332 g/mol. The molecule has 0 bridgehead atoms. The van der Waals surface area contributed by atoms with E-state index in [1.165, 1.54) is 0 Å². The number of rotatable bonds is 6. The third-order valence-corrected chi connectivity index (χ3v) is 4.31. The van der Waals surface area contributed by atoms with Crippen LogP contribution in [0.1, 0.15) is 17.5 Å². The quantitative estimate of drug-likeness (QED) is 0.779. The van der Waals surface area contributed by atoms with Crippen molar-refractivity contribution in [3.8, 4) is 0 Å². The molecule has 3 rings (SSSR count). The molecule has 0 saturated carbocycles. The van der Waals surface area contributed by atoms with Gasteiger partial charge >= 0.3 is 12.1 Å². The fourth-order valence-electron chi connectivity index (χ4n) is 2.84. The minimum atomic E-state index is -1.09. The van der Waals surface area contributed by atoms with Gasteiger partial charge in [0.05, 0.1) is 0 Å². The normalized spacial score (nSPS) is 18.9. The SMILES string of the molecule is O=C(N[C@@]1(C(=O)OCc2ccccc2)CCNC1)OCc1ccccc1. The second-order valence-corrected chi connectivity index (χ2v) is 6.26. The lowest BCUT2D eigenvalue weighted by Gasteiger charge is -2.26. The number of esters is 1. The lowest BCUT2D eigenvalue weighted by atomic mass is 9.99. The summed E-state index contributed by atoms with van der Waals surface area (Å²) in [5, 5.41) is 5.80. The maximum atomic E-state index is 12.6. The first kappa shape index (κ1) is 17.9. The van der Waals surface area contributed by atoms with Crippen LogP contribution in [0, 0.1) is 0 Å². The van der Waals surface area contributed by atoms with E-state index in [-0.39, 0.29) is 13.2 Å². The molecule has 0 spiro atoms. The summed E-state index contributed by atoms with van der Waals surface area (Å²) in [5.74, 6) is -0.456. The Morgan fingerprint density at radius 3 is 2.04 bits per heavy atom. The topological polar surface area (TPSA) is 76.7 Å². The highest BCUT2D eigenvalue weighted by atomic mass is 16.6. The van der Waals surface area contributed by atoms with E-state index in [0.717, 1.165) is 11.1 Å². The number of alkyl carbamates (subject to hydrolysis) is 1. The third kappa shape index (κ3) is 4.61. The van der Waals surface area contributed by atoms with Crippen LogP contribution in [0.15, 0.2) is 60.7 Å². The van der Waals surface area contributed by atoms with Crippen LogP contribution < -0.4 is 10.6 Å². The third-order valence-electron chi connectivity index (χ3n) is 4.31. The molecule has 1 aliphatic rings. The molecule has 1 amide bonds. The van der Waals surface area contributed by atoms with Gasteiger partial charge in [-0.1, -0.05) is 60.7 Å². The fourth-order valence-corrected chi connectivity index (χ4v) is 2.84. The second kappa shape index (κ2) is 8.49. The van der Waals surface area contributed by atoms with Crippen LogP contribution in [0.2, 0.25) is 0 Å². The Morgan fingerprint density at radius 1 is 0.923 bits per heavy atom. The van der Waals surface area contributed by atoms with E-state index in [1.807, 2.05) is 60.7 Å². The lowest BCUT2D eigenvalue weighted by Crippen LogP contribution is -2.56. The standard InChI is InChI=1S/C20H22N2O4/c23-18(25-13-16-7-3-1-4-8-16)20(11-12-21-15-20)22-19(24)26-14-17-9-5-2-6-10-17/h1-10,21H,11-15H2,(H,22,24)/t20-/m0/s1. The predicted octanol–water partition coefficient (Wildman–Crippen LogP) is 2.39. The number of hydrogen-bond acceptors (Lipinski definition) is 5. The highest BCUT2D eigenvalue weighted by molar-refractivity contribution is 5.86. The summed E-state index contributed by atoms with van der Waals surface area (Å²) in [5.41, 5.74) is 0.684. The zero-order valence-electron chi connectivity index (χ0n) is 14.4. The van der Waals surface area contributed by atoms with Crippen LogP contribution in [0.5, 0.6) is 0 Å². The van der Waals surface area contributed by atoms with Crippen molar-refractivity contribution in [3.05, 3.63) is 71.8 Å². The first-order valence-electron chi connectivity index (χ1n) is 8.59. The molecule has 0 unspecified atom stereocenters. The summed E-state index contributed by atoms with van der Waals surface area (Å²) >= 11 is 0. The number of carbonyl (C=O) groups is 2. The van der Waals surface area contributed by atoms with E-state index >= 15 is 0 Å². The van der Waals surface area contributed by atoms with Crippen molar-refractivity contribution in [1.29, 1.82) is 0 Å². The number of ether oxygens (including phenoxy) is 2. The Hall–Kier alpha value is -2.86. The Balaban J connectivity index is 1.56. The van der Waals surface area contributed by atoms with E-state index in [0.29, 0.717) is 19.5 Å². The van der Waals surface area contributed by atoms with Crippen LogP contribution in [-0.4, -0.2) is 30.7 Å². The van der Waals surface area contributed by atoms with Crippen molar-refractivity contribution >= 4 is 12.1 Å². The molecule has 1 aliphatic heterocycles. The Kier molecular flexibility index (Phi) is 5.86. The molecule has 2 N–H and O–H groups in total. The van der Waals surface area contributed by atoms with Crippen molar-refractivity contribution in [2.45, 2.75) is 25.2 Å². The number of nitrogens with one attached hydrogen (secondary N) is 2. The fraction of sp³-hybridized carbons (Fsp3) is 0.300. The number of carbonyl (C=O) groups excluding carboxylic acids is 2. The van der Waals surface area contributed by atoms with Gasteiger partial charge in [0.25, 0.3) is 0 Å². The number of benzene rings is 2. The van der Waals surface area contributed by atoms with E-state index in [2.05, 4.69) is 10.6 Å². The molecule has 2 aromatic carbocycles. The van der Waals surface area contributed by atoms with Crippen molar-refractivity contribution in [1.82, 2.24) is 10.6 Å². The minimum absolute atomic E-state index is 0.148. The predicted molar refractivity (Wildman–Crippen MR) is 96.2 cm³/mol. The van der Waals surface area contributed by atoms with E-state index < -0.39 is 17.6 Å². The van der Waals surface area contributed by atoms with Crippen molar-refractivity contribution in [2.75, 3.05) is 13.1 Å². The van der Waals surface area contributed by atoms with Crippen molar-refractivity contribution in [2.24, 2.45) is 0 Å². The van der Waals surface area contributed by atoms with Gasteiger partial charge in [0, 0.05) is 6.54 Å². The van der Waals surface area contributed by atoms with Gasteiger partial charge in [0.15, 0.2) is 5.54 Å². The van der Waals surface area contributed by atoms with E-state index in [4.69, 9.17) is 9.47 Å². The lowest BCUT2D eigenvalue weighted by molar-refractivity contribution is -0.152. The minimum Gasteiger partial charge on any atom is -0.459 e. The Labute approximate surface area is 152 Å². The van der Waals surface area contributed by atoms with Gasteiger partial charge < -0.3 is 20.1 Å². The van der Waals surface area contributed by atoms with Crippen molar-refractivity contribution in [3.63, 3.8) is 0 Å². The molecule has 1 saturated heterocycles. The van der Waals surface area contributed by atoms with Crippen LogP contribution in [0.4, 0.5) is 4.79 Å². The van der Waals surface area contributed by atoms with E-state index in [1.54, 1.807) is 0 Å². The smallest absolute Gasteiger partial charge is 0.408 e. The molecule has 0 aromatic heterocycles. The van der Waals surface area contributed by atoms with Gasteiger partial charge in [-0.3, -0.25) is 0 Å². The van der Waals surface area contributed by atoms with Gasteiger partial charge in [-0.05, 0) is 24.1 Å². The monoisotopic (exact) mass is 354 g/mol. The summed E-state index contributed by atoms with van der Waals surface area (Å²) in [6.45, 7) is 1.26. The maximum Gasteiger partial charge on any atom is 0.408 e. The summed E-state index contributed by atoms with van der Waals surface area (Å²) in [4.78, 5) is 24.8. The molecule has 6 heteroatoms. The molecule has 1 heterocycles. The van der Waals surface area contributed by atoms with Crippen LogP contribution in [0.25, 0.3) is 0 Å². The highest BCUT2D eigenvalue weighted by Crippen LogP contribution is 2.18. The maximum absolute atomic E-state index is 12.6. The van der Waals surface area contributed by atoms with Crippen LogP contribution >= 0.6 is 0 Å². The molecule has 26 heavy (non-hydrogen) atoms. The van der Waals surface area contributed by atoms with Gasteiger partial charge in [-0.25, -0.2) is 9.59 Å². The van der Waals surface area contributed by atoms with Gasteiger partial charge in [0.2, 0.25) is 0 Å². The summed E-state index contributed by atoms with van der Waals surface area (Å²) in [6.07, 6.45) is -0.171. The van der Waals surface area contributed by atoms with Crippen molar-refractivity contribution < 1.29 is 19.1 Å². The number of amides is 1. The molecule has 0 radical (unpaired) electrons. The molecular formula is C20H22N2O4. The second-order valence-electron chi connectivity index (χ2n) is 6.26. The Bertz CT molecular complexity index is 728. The molecule has 1 fully saturated rings. The zero-order valence-corrected chi connectivity index (χ0v) is 14.4. The molecule has 136 valence electrons. The molecule has 2 aromatic rings. The van der Waals surface area contributed by atoms with Crippen LogP contribution in [0.3, 0.4) is 0 Å². The largest absolute Gasteiger partial charge is 0.459 e. The zero-order chi connectivity index (χ0) is 18.2. The first-order chi connectivity index (χ1) is 12.7. The first-order valence-corrected chi connectivity index (χ1v) is 8.59.